The van der Waals surface area contributed by atoms with Gasteiger partial charge in [-0.1, -0.05) is 13.3 Å². The fourth-order valence-electron chi connectivity index (χ4n) is 2.25. The summed E-state index contributed by atoms with van der Waals surface area (Å²) in [5, 5.41) is 2.88. The van der Waals surface area contributed by atoms with Gasteiger partial charge in [0.2, 0.25) is 0 Å². The number of carbonyl (C=O) groups is 1. The molecule has 0 saturated heterocycles. The molecule has 1 aromatic heterocycles. The molecule has 0 fully saturated rings. The normalized spacial score (nSPS) is 10.7. The van der Waals surface area contributed by atoms with E-state index in [9.17, 15) is 4.79 Å². The number of H-pyrrole nitrogens is 1. The molecule has 0 aliphatic rings. The molecule has 1 amide bonds. The summed E-state index contributed by atoms with van der Waals surface area (Å²) in [5.74, 6) is 0.663. The monoisotopic (exact) mass is 309 g/mol. The summed E-state index contributed by atoms with van der Waals surface area (Å²) in [6, 6.07) is 12.8. The Labute approximate surface area is 134 Å². The van der Waals surface area contributed by atoms with Crippen LogP contribution in [-0.2, 0) is 0 Å². The molecule has 118 valence electrons. The molecule has 0 spiro atoms. The van der Waals surface area contributed by atoms with Crippen LogP contribution in [0.25, 0.3) is 11.0 Å². The maximum absolute atomic E-state index is 12.3. The molecule has 0 bridgehead atoms. The van der Waals surface area contributed by atoms with Crippen molar-refractivity contribution in [2.75, 3.05) is 11.9 Å². The SMILES string of the molecule is CCCCOc1ccc(NC(=O)c2ccc3nc[nH]c3c2)cc1. The fourth-order valence-corrected chi connectivity index (χ4v) is 2.25. The van der Waals surface area contributed by atoms with Gasteiger partial charge < -0.3 is 15.0 Å². The van der Waals surface area contributed by atoms with Gasteiger partial charge in [0.05, 0.1) is 24.0 Å². The lowest BCUT2D eigenvalue weighted by Crippen LogP contribution is -2.11. The number of rotatable bonds is 6. The lowest BCUT2D eigenvalue weighted by atomic mass is 10.2. The van der Waals surface area contributed by atoms with Crippen LogP contribution in [0.3, 0.4) is 0 Å². The average molecular weight is 309 g/mol. The molecular formula is C18H19N3O2. The number of hydrogen-bond acceptors (Lipinski definition) is 3. The number of fused-ring (bicyclic) bond motifs is 1. The van der Waals surface area contributed by atoms with E-state index >= 15 is 0 Å². The quantitative estimate of drug-likeness (QED) is 0.676. The van der Waals surface area contributed by atoms with Gasteiger partial charge in [-0.2, -0.15) is 0 Å². The summed E-state index contributed by atoms with van der Waals surface area (Å²) in [7, 11) is 0. The fraction of sp³-hybridized carbons (Fsp3) is 0.222. The molecule has 0 unspecified atom stereocenters. The highest BCUT2D eigenvalue weighted by Gasteiger charge is 2.08. The summed E-state index contributed by atoms with van der Waals surface area (Å²) >= 11 is 0. The van der Waals surface area contributed by atoms with E-state index in [1.807, 2.05) is 30.3 Å². The first-order valence-corrected chi connectivity index (χ1v) is 7.73. The van der Waals surface area contributed by atoms with Gasteiger partial charge in [-0.15, -0.1) is 0 Å². The van der Waals surface area contributed by atoms with Gasteiger partial charge in [-0.25, -0.2) is 4.98 Å². The van der Waals surface area contributed by atoms with E-state index in [1.54, 1.807) is 18.5 Å². The van der Waals surface area contributed by atoms with Crippen LogP contribution in [0.15, 0.2) is 48.8 Å². The number of unbranched alkanes of at least 4 members (excludes halogenated alkanes) is 1. The highest BCUT2D eigenvalue weighted by Crippen LogP contribution is 2.18. The first kappa shape index (κ1) is 15.1. The predicted molar refractivity (Wildman–Crippen MR) is 90.9 cm³/mol. The number of benzene rings is 2. The number of amides is 1. The molecule has 3 aromatic rings. The molecule has 23 heavy (non-hydrogen) atoms. The van der Waals surface area contributed by atoms with Crippen LogP contribution in [0, 0.1) is 0 Å². The van der Waals surface area contributed by atoms with Crippen molar-refractivity contribution in [3.63, 3.8) is 0 Å². The van der Waals surface area contributed by atoms with Gasteiger partial charge >= 0.3 is 0 Å². The van der Waals surface area contributed by atoms with Crippen LogP contribution in [0.5, 0.6) is 5.75 Å². The van der Waals surface area contributed by atoms with Crippen molar-refractivity contribution in [1.29, 1.82) is 0 Å². The molecule has 3 rings (SSSR count). The average Bonchev–Trinajstić information content (AvgIpc) is 3.04. The molecule has 0 aliphatic carbocycles. The third-order valence-corrected chi connectivity index (χ3v) is 3.56. The molecule has 1 heterocycles. The van der Waals surface area contributed by atoms with Crippen LogP contribution < -0.4 is 10.1 Å². The molecule has 0 atom stereocenters. The third-order valence-electron chi connectivity index (χ3n) is 3.56. The maximum atomic E-state index is 12.3. The Bertz CT molecular complexity index is 793. The van der Waals surface area contributed by atoms with Gasteiger partial charge in [0, 0.05) is 11.3 Å². The van der Waals surface area contributed by atoms with E-state index in [0.29, 0.717) is 12.2 Å². The Kier molecular flexibility index (Phi) is 4.57. The zero-order valence-corrected chi connectivity index (χ0v) is 13.0. The van der Waals surface area contributed by atoms with Crippen molar-refractivity contribution in [3.8, 4) is 5.75 Å². The molecular weight excluding hydrogens is 290 g/mol. The second-order valence-corrected chi connectivity index (χ2v) is 5.31. The Morgan fingerprint density at radius 1 is 1.22 bits per heavy atom. The van der Waals surface area contributed by atoms with Crippen molar-refractivity contribution in [3.05, 3.63) is 54.4 Å². The van der Waals surface area contributed by atoms with Crippen molar-refractivity contribution in [2.45, 2.75) is 19.8 Å². The van der Waals surface area contributed by atoms with Crippen LogP contribution in [0.1, 0.15) is 30.1 Å². The number of imidazole rings is 1. The predicted octanol–water partition coefficient (Wildman–Crippen LogP) is 3.99. The molecule has 5 heteroatoms. The number of ether oxygens (including phenoxy) is 1. The van der Waals surface area contributed by atoms with Crippen LogP contribution >= 0.6 is 0 Å². The van der Waals surface area contributed by atoms with E-state index in [2.05, 4.69) is 22.2 Å². The van der Waals surface area contributed by atoms with Gasteiger partial charge in [-0.3, -0.25) is 4.79 Å². The first-order chi connectivity index (χ1) is 11.3. The molecule has 5 nitrogen and oxygen atoms in total. The largest absolute Gasteiger partial charge is 0.494 e. The topological polar surface area (TPSA) is 67.0 Å². The van der Waals surface area contributed by atoms with Gasteiger partial charge in [0.1, 0.15) is 5.75 Å². The second-order valence-electron chi connectivity index (χ2n) is 5.31. The number of anilines is 1. The molecule has 2 aromatic carbocycles. The van der Waals surface area contributed by atoms with Crippen molar-refractivity contribution in [1.82, 2.24) is 9.97 Å². The Morgan fingerprint density at radius 2 is 2.04 bits per heavy atom. The molecule has 0 saturated carbocycles. The maximum Gasteiger partial charge on any atom is 0.255 e. The molecule has 2 N–H and O–H groups in total. The minimum atomic E-state index is -0.152. The van der Waals surface area contributed by atoms with E-state index < -0.39 is 0 Å². The lowest BCUT2D eigenvalue weighted by Gasteiger charge is -2.08. The van der Waals surface area contributed by atoms with E-state index in [4.69, 9.17) is 4.74 Å². The Morgan fingerprint density at radius 3 is 2.83 bits per heavy atom. The standard InChI is InChI=1S/C18H19N3O2/c1-2-3-10-23-15-7-5-14(6-8-15)21-18(22)13-4-9-16-17(11-13)20-12-19-16/h4-9,11-12H,2-3,10H2,1H3,(H,19,20)(H,21,22). The van der Waals surface area contributed by atoms with Gasteiger partial charge in [-0.05, 0) is 48.9 Å². The Balaban J connectivity index is 1.64. The zero-order valence-electron chi connectivity index (χ0n) is 13.0. The highest BCUT2D eigenvalue weighted by molar-refractivity contribution is 6.05. The number of hydrogen-bond donors (Lipinski definition) is 2. The number of aromatic amines is 1. The summed E-state index contributed by atoms with van der Waals surface area (Å²) in [6.45, 7) is 2.84. The van der Waals surface area contributed by atoms with E-state index in [0.717, 1.165) is 35.3 Å². The van der Waals surface area contributed by atoms with E-state index in [1.165, 1.54) is 0 Å². The summed E-state index contributed by atoms with van der Waals surface area (Å²) in [6.07, 6.45) is 3.76. The summed E-state index contributed by atoms with van der Waals surface area (Å²) in [4.78, 5) is 19.4. The number of aromatic nitrogens is 2. The van der Waals surface area contributed by atoms with Crippen LogP contribution in [0.4, 0.5) is 5.69 Å². The van der Waals surface area contributed by atoms with Crippen molar-refractivity contribution in [2.24, 2.45) is 0 Å². The summed E-state index contributed by atoms with van der Waals surface area (Å²) in [5.41, 5.74) is 3.01. The second kappa shape index (κ2) is 6.96. The molecule has 0 radical (unpaired) electrons. The third kappa shape index (κ3) is 3.69. The minimum Gasteiger partial charge on any atom is -0.494 e. The smallest absolute Gasteiger partial charge is 0.255 e. The van der Waals surface area contributed by atoms with Gasteiger partial charge in [0.15, 0.2) is 0 Å². The van der Waals surface area contributed by atoms with Crippen molar-refractivity contribution >= 4 is 22.6 Å². The summed E-state index contributed by atoms with van der Waals surface area (Å²) < 4.78 is 5.61. The number of nitrogens with one attached hydrogen (secondary N) is 2. The molecule has 0 aliphatic heterocycles. The number of carbonyl (C=O) groups excluding carboxylic acids is 1. The van der Waals surface area contributed by atoms with Crippen molar-refractivity contribution < 1.29 is 9.53 Å². The van der Waals surface area contributed by atoms with Crippen LogP contribution in [0.2, 0.25) is 0 Å². The zero-order chi connectivity index (χ0) is 16.1. The number of nitrogens with zero attached hydrogens (tertiary/aromatic N) is 1. The minimum absolute atomic E-state index is 0.152. The first-order valence-electron chi connectivity index (χ1n) is 7.73. The highest BCUT2D eigenvalue weighted by atomic mass is 16.5. The van der Waals surface area contributed by atoms with Crippen LogP contribution in [-0.4, -0.2) is 22.5 Å². The Hall–Kier alpha value is -2.82. The van der Waals surface area contributed by atoms with E-state index in [-0.39, 0.29) is 5.91 Å². The lowest BCUT2D eigenvalue weighted by molar-refractivity contribution is 0.102. The van der Waals surface area contributed by atoms with Gasteiger partial charge in [0.25, 0.3) is 5.91 Å².